The molecule has 0 aliphatic heterocycles. The highest BCUT2D eigenvalue weighted by atomic mass is 32.2. The maximum atomic E-state index is 14.5. The van der Waals surface area contributed by atoms with E-state index in [0.29, 0.717) is 23.6 Å². The summed E-state index contributed by atoms with van der Waals surface area (Å²) < 4.78 is 42.8. The van der Waals surface area contributed by atoms with Crippen molar-refractivity contribution in [3.8, 4) is 11.1 Å². The highest BCUT2D eigenvalue weighted by Crippen LogP contribution is 2.48. The number of ether oxygens (including phenoxy) is 1. The van der Waals surface area contributed by atoms with E-state index in [2.05, 4.69) is 62.1 Å². The minimum atomic E-state index is -5.40. The molecule has 5 aromatic carbocycles. The third-order valence-electron chi connectivity index (χ3n) is 10.3. The van der Waals surface area contributed by atoms with Gasteiger partial charge in [-0.25, -0.2) is 9.78 Å². The molecule has 9 nitrogen and oxygen atoms in total. The molecule has 0 fully saturated rings. The first kappa shape index (κ1) is 45.8. The molecular weight excluding hydrogens is 826 g/mol. The highest BCUT2D eigenvalue weighted by Gasteiger charge is 2.43. The van der Waals surface area contributed by atoms with Crippen LogP contribution in [0.25, 0.3) is 11.1 Å². The SMILES string of the molecule is C[C@@H](CCC(=O)N[C@@H](CCSC(c1ccccc1)(c1ccccc1)c1ccccc1)C(=O)NC(CC(=O)OC(=O)C(F)(F)F)c1ccc(-c2ccccc2)cc1)Nc1ccccn1. The molecule has 1 unspecified atom stereocenters. The van der Waals surface area contributed by atoms with E-state index in [9.17, 15) is 32.3 Å². The second-order valence-electron chi connectivity index (χ2n) is 14.8. The van der Waals surface area contributed by atoms with Crippen LogP contribution in [0.4, 0.5) is 19.0 Å². The molecule has 0 aliphatic carbocycles. The van der Waals surface area contributed by atoms with E-state index < -0.39 is 53.2 Å². The van der Waals surface area contributed by atoms with E-state index in [1.54, 1.807) is 48.3 Å². The number of alkyl halides is 3. The molecule has 0 saturated carbocycles. The van der Waals surface area contributed by atoms with Gasteiger partial charge in [-0.3, -0.25) is 14.4 Å². The molecule has 1 heterocycles. The molecule has 1 aromatic heterocycles. The van der Waals surface area contributed by atoms with Gasteiger partial charge in [-0.15, -0.1) is 11.8 Å². The second-order valence-corrected chi connectivity index (χ2v) is 16.2. The third kappa shape index (κ3) is 12.7. The lowest BCUT2D eigenvalue weighted by Crippen LogP contribution is -2.48. The number of benzene rings is 5. The number of halogens is 3. The van der Waals surface area contributed by atoms with E-state index in [-0.39, 0.29) is 18.9 Å². The molecule has 0 aliphatic rings. The highest BCUT2D eigenvalue weighted by molar-refractivity contribution is 8.00. The van der Waals surface area contributed by atoms with Gasteiger partial charge in [-0.05, 0) is 71.0 Å². The van der Waals surface area contributed by atoms with Gasteiger partial charge < -0.3 is 20.7 Å². The van der Waals surface area contributed by atoms with Crippen LogP contribution in [0.1, 0.15) is 60.9 Å². The predicted octanol–water partition coefficient (Wildman–Crippen LogP) is 9.81. The zero-order chi connectivity index (χ0) is 44.7. The van der Waals surface area contributed by atoms with Crippen molar-refractivity contribution in [3.05, 3.63) is 192 Å². The Labute approximate surface area is 368 Å². The van der Waals surface area contributed by atoms with Crippen molar-refractivity contribution < 1.29 is 37.1 Å². The predicted molar refractivity (Wildman–Crippen MR) is 239 cm³/mol. The van der Waals surface area contributed by atoms with Crippen LogP contribution in [0.15, 0.2) is 170 Å². The topological polar surface area (TPSA) is 126 Å². The van der Waals surface area contributed by atoms with E-state index in [0.717, 1.165) is 27.8 Å². The van der Waals surface area contributed by atoms with Gasteiger partial charge >= 0.3 is 18.1 Å². The van der Waals surface area contributed by atoms with Crippen LogP contribution < -0.4 is 16.0 Å². The summed E-state index contributed by atoms with van der Waals surface area (Å²) in [5, 5.41) is 8.97. The molecule has 6 aromatic rings. The zero-order valence-corrected chi connectivity index (χ0v) is 35.3. The van der Waals surface area contributed by atoms with Gasteiger partial charge in [0.1, 0.15) is 11.9 Å². The number of rotatable bonds is 19. The Balaban J connectivity index is 1.29. The van der Waals surface area contributed by atoms with Gasteiger partial charge in [-0.2, -0.15) is 13.2 Å². The average molecular weight is 873 g/mol. The van der Waals surface area contributed by atoms with Gasteiger partial charge in [0, 0.05) is 18.7 Å². The summed E-state index contributed by atoms with van der Waals surface area (Å²) in [6.07, 6.45) is -3.98. The summed E-state index contributed by atoms with van der Waals surface area (Å²) in [6, 6.07) is 49.1. The first-order valence-electron chi connectivity index (χ1n) is 20.5. The number of esters is 2. The van der Waals surface area contributed by atoms with Crippen LogP contribution in [0.2, 0.25) is 0 Å². The quantitative estimate of drug-likeness (QED) is 0.0418. The molecule has 0 radical (unpaired) electrons. The Morgan fingerprint density at radius 1 is 0.651 bits per heavy atom. The van der Waals surface area contributed by atoms with Crippen LogP contribution in [0.3, 0.4) is 0 Å². The van der Waals surface area contributed by atoms with Crippen LogP contribution in [0.5, 0.6) is 0 Å². The Bertz CT molecular complexity index is 2300. The number of aromatic nitrogens is 1. The molecule has 13 heteroatoms. The number of nitrogens with one attached hydrogen (secondary N) is 3. The number of hydrogen-bond acceptors (Lipinski definition) is 8. The monoisotopic (exact) mass is 872 g/mol. The number of anilines is 1. The molecule has 2 amide bonds. The van der Waals surface area contributed by atoms with Gasteiger partial charge in [-0.1, -0.05) is 152 Å². The first-order chi connectivity index (χ1) is 30.4. The molecule has 324 valence electrons. The normalized spacial score (nSPS) is 12.9. The molecule has 3 atom stereocenters. The zero-order valence-electron chi connectivity index (χ0n) is 34.5. The Morgan fingerprint density at radius 3 is 1.70 bits per heavy atom. The molecule has 0 spiro atoms. The van der Waals surface area contributed by atoms with Crippen molar-refractivity contribution in [2.24, 2.45) is 0 Å². The van der Waals surface area contributed by atoms with E-state index >= 15 is 0 Å². The van der Waals surface area contributed by atoms with E-state index in [1.807, 2.05) is 104 Å². The molecule has 3 N–H and O–H groups in total. The minimum Gasteiger partial charge on any atom is -0.386 e. The van der Waals surface area contributed by atoms with Gasteiger partial charge in [0.2, 0.25) is 11.8 Å². The Morgan fingerprint density at radius 2 is 1.17 bits per heavy atom. The van der Waals surface area contributed by atoms with Gasteiger partial charge in [0.05, 0.1) is 17.2 Å². The van der Waals surface area contributed by atoms with Crippen molar-refractivity contribution in [1.29, 1.82) is 0 Å². The van der Waals surface area contributed by atoms with Crippen LogP contribution in [-0.2, 0) is 28.7 Å². The maximum absolute atomic E-state index is 14.5. The summed E-state index contributed by atoms with van der Waals surface area (Å²) in [5.74, 6) is -4.25. The summed E-state index contributed by atoms with van der Waals surface area (Å²) in [6.45, 7) is 1.91. The third-order valence-corrected chi connectivity index (χ3v) is 11.9. The van der Waals surface area contributed by atoms with Crippen molar-refractivity contribution in [3.63, 3.8) is 0 Å². The summed E-state index contributed by atoms with van der Waals surface area (Å²) in [5.41, 5.74) is 5.06. The smallest absolute Gasteiger partial charge is 0.386 e. The van der Waals surface area contributed by atoms with Gasteiger partial charge in [0.25, 0.3) is 0 Å². The first-order valence-corrected chi connectivity index (χ1v) is 21.5. The lowest BCUT2D eigenvalue weighted by molar-refractivity contribution is -0.202. The van der Waals surface area contributed by atoms with Crippen molar-refractivity contribution in [2.75, 3.05) is 11.1 Å². The summed E-state index contributed by atoms with van der Waals surface area (Å²) >= 11 is 1.59. The van der Waals surface area contributed by atoms with E-state index in [1.165, 1.54) is 0 Å². The summed E-state index contributed by atoms with van der Waals surface area (Å²) in [7, 11) is 0. The number of nitrogens with zero attached hydrogens (tertiary/aromatic N) is 1. The fourth-order valence-corrected chi connectivity index (χ4v) is 8.75. The number of carbonyl (C=O) groups is 4. The fourth-order valence-electron chi connectivity index (χ4n) is 7.19. The Kier molecular flexibility index (Phi) is 15.9. The molecular formula is C50H47F3N4O5S. The Hall–Kier alpha value is -6.73. The van der Waals surface area contributed by atoms with Crippen molar-refractivity contribution >= 4 is 41.3 Å². The van der Waals surface area contributed by atoms with Crippen molar-refractivity contribution in [1.82, 2.24) is 15.6 Å². The van der Waals surface area contributed by atoms with Crippen molar-refractivity contribution in [2.45, 2.75) is 61.7 Å². The number of amides is 2. The molecule has 6 rings (SSSR count). The molecule has 0 saturated heterocycles. The number of hydrogen-bond donors (Lipinski definition) is 3. The number of thioether (sulfide) groups is 1. The fraction of sp³-hybridized carbons (Fsp3) is 0.220. The number of pyridine rings is 1. The lowest BCUT2D eigenvalue weighted by Gasteiger charge is -2.36. The second kappa shape index (κ2) is 21.9. The van der Waals surface area contributed by atoms with Crippen LogP contribution >= 0.6 is 11.8 Å². The minimum absolute atomic E-state index is 0.0517. The van der Waals surface area contributed by atoms with E-state index in [4.69, 9.17) is 0 Å². The maximum Gasteiger partial charge on any atom is 0.491 e. The average Bonchev–Trinajstić information content (AvgIpc) is 3.30. The number of carbonyl (C=O) groups excluding carboxylic acids is 4. The van der Waals surface area contributed by atoms with Gasteiger partial charge in [0.15, 0.2) is 0 Å². The van der Waals surface area contributed by atoms with Crippen LogP contribution in [0, 0.1) is 0 Å². The standard InChI is InChI=1S/C50H47F3N4O5S/c1-35(55-44-24-14-15-32-54-44)25-30-45(58)56-42(31-33-63-49(39-18-8-3-9-19-39,40-20-10-4-11-21-40)41-22-12-5-13-23-41)47(60)57-43(34-46(59)62-48(61)50(51,52)53)38-28-26-37(27-29-38)36-16-6-2-7-17-36/h2-24,26-29,32,35,42-43H,25,30-31,33-34H2,1H3,(H,54,55)(H,56,58)(H,57,60)/t35-,42-,43?/m0/s1. The summed E-state index contributed by atoms with van der Waals surface area (Å²) in [4.78, 5) is 57.0. The lowest BCUT2D eigenvalue weighted by atomic mass is 9.84. The molecule has 63 heavy (non-hydrogen) atoms. The largest absolute Gasteiger partial charge is 0.491 e. The molecule has 0 bridgehead atoms. The van der Waals surface area contributed by atoms with Crippen LogP contribution in [-0.4, -0.2) is 52.7 Å².